The SMILES string of the molecule is CCOc1ccc(C(O)CC(=O)OC)cc1OCC. The molecule has 1 atom stereocenters. The molecule has 0 aliphatic rings. The molecule has 0 saturated carbocycles. The van der Waals surface area contributed by atoms with Gasteiger partial charge in [-0.25, -0.2) is 0 Å². The number of esters is 1. The number of benzene rings is 1. The molecule has 0 heterocycles. The molecule has 0 spiro atoms. The second-order valence-corrected chi connectivity index (χ2v) is 3.87. The second-order valence-electron chi connectivity index (χ2n) is 3.87. The van der Waals surface area contributed by atoms with E-state index in [2.05, 4.69) is 4.74 Å². The topological polar surface area (TPSA) is 65.0 Å². The highest BCUT2D eigenvalue weighted by atomic mass is 16.5. The molecule has 0 saturated heterocycles. The predicted molar refractivity (Wildman–Crippen MR) is 70.4 cm³/mol. The molecule has 0 amide bonds. The van der Waals surface area contributed by atoms with Crippen molar-refractivity contribution in [2.75, 3.05) is 20.3 Å². The summed E-state index contributed by atoms with van der Waals surface area (Å²) in [4.78, 5) is 11.1. The number of carbonyl (C=O) groups excluding carboxylic acids is 1. The molecule has 0 aromatic heterocycles. The van der Waals surface area contributed by atoms with Gasteiger partial charge in [0, 0.05) is 0 Å². The molecule has 0 fully saturated rings. The number of aliphatic hydroxyl groups excluding tert-OH is 1. The maximum absolute atomic E-state index is 11.1. The van der Waals surface area contributed by atoms with Crippen LogP contribution in [-0.2, 0) is 9.53 Å². The first-order valence-corrected chi connectivity index (χ1v) is 6.26. The van der Waals surface area contributed by atoms with Crippen molar-refractivity contribution < 1.29 is 24.1 Å². The molecule has 0 radical (unpaired) electrons. The molecule has 0 bridgehead atoms. The summed E-state index contributed by atoms with van der Waals surface area (Å²) >= 11 is 0. The largest absolute Gasteiger partial charge is 0.490 e. The zero-order valence-corrected chi connectivity index (χ0v) is 11.5. The van der Waals surface area contributed by atoms with Crippen molar-refractivity contribution in [2.45, 2.75) is 26.4 Å². The molecule has 0 aliphatic carbocycles. The van der Waals surface area contributed by atoms with Crippen molar-refractivity contribution in [1.29, 1.82) is 0 Å². The van der Waals surface area contributed by atoms with Crippen molar-refractivity contribution in [3.63, 3.8) is 0 Å². The van der Waals surface area contributed by atoms with Crippen molar-refractivity contribution in [3.05, 3.63) is 23.8 Å². The van der Waals surface area contributed by atoms with Crippen molar-refractivity contribution in [3.8, 4) is 11.5 Å². The number of hydrogen-bond acceptors (Lipinski definition) is 5. The average molecular weight is 268 g/mol. The van der Waals surface area contributed by atoms with E-state index in [1.165, 1.54) is 7.11 Å². The van der Waals surface area contributed by atoms with Gasteiger partial charge in [-0.05, 0) is 31.5 Å². The number of rotatable bonds is 7. The number of methoxy groups -OCH3 is 1. The van der Waals surface area contributed by atoms with Crippen molar-refractivity contribution in [2.24, 2.45) is 0 Å². The number of carbonyl (C=O) groups is 1. The first kappa shape index (κ1) is 15.3. The van der Waals surface area contributed by atoms with Crippen LogP contribution in [0.1, 0.15) is 31.9 Å². The minimum absolute atomic E-state index is 0.0873. The fraction of sp³-hybridized carbons (Fsp3) is 0.500. The maximum atomic E-state index is 11.1. The van der Waals surface area contributed by atoms with Crippen LogP contribution in [0.5, 0.6) is 11.5 Å². The molecule has 106 valence electrons. The lowest BCUT2D eigenvalue weighted by molar-refractivity contribution is -0.142. The normalized spacial score (nSPS) is 11.8. The molecule has 1 aromatic rings. The lowest BCUT2D eigenvalue weighted by Crippen LogP contribution is -2.08. The van der Waals surface area contributed by atoms with Crippen LogP contribution in [0.15, 0.2) is 18.2 Å². The van der Waals surface area contributed by atoms with Gasteiger partial charge in [0.05, 0.1) is 32.8 Å². The van der Waals surface area contributed by atoms with E-state index in [0.717, 1.165) is 0 Å². The monoisotopic (exact) mass is 268 g/mol. The van der Waals surface area contributed by atoms with E-state index < -0.39 is 12.1 Å². The van der Waals surface area contributed by atoms with E-state index in [0.29, 0.717) is 30.3 Å². The molecule has 1 N–H and O–H groups in total. The van der Waals surface area contributed by atoms with E-state index in [9.17, 15) is 9.90 Å². The predicted octanol–water partition coefficient (Wildman–Crippen LogP) is 2.08. The summed E-state index contributed by atoms with van der Waals surface area (Å²) in [5.74, 6) is 0.725. The van der Waals surface area contributed by atoms with Crippen LogP contribution in [0.2, 0.25) is 0 Å². The van der Waals surface area contributed by atoms with Crippen LogP contribution in [0.4, 0.5) is 0 Å². The molecule has 5 nitrogen and oxygen atoms in total. The van der Waals surface area contributed by atoms with Gasteiger partial charge in [-0.3, -0.25) is 4.79 Å². The highest BCUT2D eigenvalue weighted by Crippen LogP contribution is 2.31. The quantitative estimate of drug-likeness (QED) is 0.767. The third-order valence-electron chi connectivity index (χ3n) is 2.54. The summed E-state index contributed by atoms with van der Waals surface area (Å²) in [6, 6.07) is 5.12. The Labute approximate surface area is 113 Å². The first-order valence-electron chi connectivity index (χ1n) is 6.26. The first-order chi connectivity index (χ1) is 9.12. The van der Waals surface area contributed by atoms with E-state index in [4.69, 9.17) is 9.47 Å². The van der Waals surface area contributed by atoms with Gasteiger partial charge in [-0.2, -0.15) is 0 Å². The third-order valence-corrected chi connectivity index (χ3v) is 2.54. The summed E-state index contributed by atoms with van der Waals surface area (Å²) < 4.78 is 15.4. The van der Waals surface area contributed by atoms with Crippen molar-refractivity contribution in [1.82, 2.24) is 0 Å². The Morgan fingerprint density at radius 3 is 2.42 bits per heavy atom. The van der Waals surface area contributed by atoms with Gasteiger partial charge in [0.1, 0.15) is 0 Å². The van der Waals surface area contributed by atoms with Gasteiger partial charge >= 0.3 is 5.97 Å². The minimum Gasteiger partial charge on any atom is -0.490 e. The molecular weight excluding hydrogens is 248 g/mol. The fourth-order valence-electron chi connectivity index (χ4n) is 1.63. The third kappa shape index (κ3) is 4.44. The molecule has 1 aromatic carbocycles. The molecule has 1 rings (SSSR count). The van der Waals surface area contributed by atoms with Crippen LogP contribution in [0.25, 0.3) is 0 Å². The molecular formula is C14H20O5. The minimum atomic E-state index is -0.915. The van der Waals surface area contributed by atoms with Gasteiger partial charge in [-0.15, -0.1) is 0 Å². The highest BCUT2D eigenvalue weighted by molar-refractivity contribution is 5.70. The van der Waals surface area contributed by atoms with E-state index >= 15 is 0 Å². The molecule has 1 unspecified atom stereocenters. The Morgan fingerprint density at radius 1 is 1.21 bits per heavy atom. The summed E-state index contributed by atoms with van der Waals surface area (Å²) in [6.07, 6.45) is -1.00. The van der Waals surface area contributed by atoms with Gasteiger partial charge in [0.25, 0.3) is 0 Å². The number of ether oxygens (including phenoxy) is 3. The zero-order valence-electron chi connectivity index (χ0n) is 11.5. The number of aliphatic hydroxyl groups is 1. The van der Waals surface area contributed by atoms with Crippen LogP contribution in [-0.4, -0.2) is 31.4 Å². The fourth-order valence-corrected chi connectivity index (χ4v) is 1.63. The van der Waals surface area contributed by atoms with Gasteiger partial charge in [0.15, 0.2) is 11.5 Å². The summed E-state index contributed by atoms with van der Waals surface area (Å²) in [7, 11) is 1.29. The lowest BCUT2D eigenvalue weighted by Gasteiger charge is -2.15. The maximum Gasteiger partial charge on any atom is 0.308 e. The van der Waals surface area contributed by atoms with Crippen LogP contribution >= 0.6 is 0 Å². The zero-order chi connectivity index (χ0) is 14.3. The van der Waals surface area contributed by atoms with Gasteiger partial charge in [0.2, 0.25) is 0 Å². The molecule has 5 heteroatoms. The lowest BCUT2D eigenvalue weighted by atomic mass is 10.1. The Bertz CT molecular complexity index is 416. The average Bonchev–Trinajstić information content (AvgIpc) is 2.41. The summed E-state index contributed by atoms with van der Waals surface area (Å²) in [5.41, 5.74) is 0.595. The van der Waals surface area contributed by atoms with Crippen LogP contribution in [0, 0.1) is 0 Å². The van der Waals surface area contributed by atoms with E-state index in [-0.39, 0.29) is 6.42 Å². The van der Waals surface area contributed by atoms with Gasteiger partial charge in [-0.1, -0.05) is 6.07 Å². The second kappa shape index (κ2) is 7.63. The van der Waals surface area contributed by atoms with E-state index in [1.807, 2.05) is 13.8 Å². The van der Waals surface area contributed by atoms with Crippen LogP contribution < -0.4 is 9.47 Å². The summed E-state index contributed by atoms with van der Waals surface area (Å²) in [5, 5.41) is 9.94. The Kier molecular flexibility index (Phi) is 6.15. The molecule has 0 aliphatic heterocycles. The van der Waals surface area contributed by atoms with Gasteiger partial charge < -0.3 is 19.3 Å². The Morgan fingerprint density at radius 2 is 1.84 bits per heavy atom. The van der Waals surface area contributed by atoms with Crippen molar-refractivity contribution >= 4 is 5.97 Å². The Balaban J connectivity index is 2.90. The number of hydrogen-bond donors (Lipinski definition) is 1. The van der Waals surface area contributed by atoms with Crippen LogP contribution in [0.3, 0.4) is 0 Å². The standard InChI is InChI=1S/C14H20O5/c1-4-18-12-7-6-10(8-13(12)19-5-2)11(15)9-14(16)17-3/h6-8,11,15H,4-5,9H2,1-3H3. The smallest absolute Gasteiger partial charge is 0.308 e. The highest BCUT2D eigenvalue weighted by Gasteiger charge is 2.16. The molecule has 19 heavy (non-hydrogen) atoms. The van der Waals surface area contributed by atoms with E-state index in [1.54, 1.807) is 18.2 Å². The Hall–Kier alpha value is -1.75. The summed E-state index contributed by atoms with van der Waals surface area (Å²) in [6.45, 7) is 4.78.